The Kier molecular flexibility index (Phi) is 4.17. The Morgan fingerprint density at radius 3 is 2.38 bits per heavy atom. The minimum atomic E-state index is 0.240. The Morgan fingerprint density at radius 1 is 1.04 bits per heavy atom. The smallest absolute Gasteiger partial charge is 0.142 e. The van der Waals surface area contributed by atoms with Crippen LogP contribution in [0.5, 0.6) is 5.75 Å². The van der Waals surface area contributed by atoms with Crippen molar-refractivity contribution in [2.24, 2.45) is 0 Å². The first-order valence-corrected chi connectivity index (χ1v) is 7.55. The number of aromatic nitrogens is 1. The average molecular weight is 315 g/mol. The van der Waals surface area contributed by atoms with Crippen molar-refractivity contribution in [3.8, 4) is 34.2 Å². The number of hydrogen-bond acceptors (Lipinski definition) is 4. The van der Waals surface area contributed by atoms with Gasteiger partial charge in [-0.05, 0) is 36.2 Å². The van der Waals surface area contributed by atoms with Crippen LogP contribution in [0.25, 0.3) is 22.4 Å². The van der Waals surface area contributed by atoms with Crippen molar-refractivity contribution in [2.45, 2.75) is 6.92 Å². The summed E-state index contributed by atoms with van der Waals surface area (Å²) >= 11 is 0. The first-order chi connectivity index (χ1) is 11.6. The Hall–Kier alpha value is -3.32. The first kappa shape index (κ1) is 15.6. The summed E-state index contributed by atoms with van der Waals surface area (Å²) in [6.07, 6.45) is 0. The molecule has 0 aliphatic carbocycles. The molecule has 0 saturated heterocycles. The van der Waals surface area contributed by atoms with Gasteiger partial charge >= 0.3 is 0 Å². The number of hydrogen-bond donors (Lipinski definition) is 1. The highest BCUT2D eigenvalue weighted by Gasteiger charge is 2.14. The minimum absolute atomic E-state index is 0.240. The molecule has 2 N–H and O–H groups in total. The number of methoxy groups -OCH3 is 1. The molecule has 118 valence electrons. The van der Waals surface area contributed by atoms with Gasteiger partial charge in [0.1, 0.15) is 23.2 Å². The third kappa shape index (κ3) is 2.80. The summed E-state index contributed by atoms with van der Waals surface area (Å²) in [7, 11) is 1.62. The van der Waals surface area contributed by atoms with E-state index in [9.17, 15) is 5.26 Å². The molecule has 0 aliphatic heterocycles. The summed E-state index contributed by atoms with van der Waals surface area (Å²) in [5, 5.41) is 9.48. The van der Waals surface area contributed by atoms with E-state index in [0.717, 1.165) is 33.7 Å². The lowest BCUT2D eigenvalue weighted by atomic mass is 9.97. The fourth-order valence-corrected chi connectivity index (χ4v) is 2.68. The number of rotatable bonds is 3. The van der Waals surface area contributed by atoms with E-state index in [0.29, 0.717) is 5.56 Å². The van der Waals surface area contributed by atoms with Gasteiger partial charge in [-0.15, -0.1) is 0 Å². The molecule has 0 saturated carbocycles. The molecule has 4 heteroatoms. The Bertz CT molecular complexity index is 925. The van der Waals surface area contributed by atoms with Gasteiger partial charge in [-0.3, -0.25) is 0 Å². The van der Waals surface area contributed by atoms with Gasteiger partial charge in [0.15, 0.2) is 0 Å². The molecule has 0 spiro atoms. The van der Waals surface area contributed by atoms with Gasteiger partial charge in [0, 0.05) is 11.1 Å². The van der Waals surface area contributed by atoms with E-state index in [-0.39, 0.29) is 5.82 Å². The molecule has 2 aromatic carbocycles. The van der Waals surface area contributed by atoms with Crippen molar-refractivity contribution >= 4 is 5.82 Å². The predicted molar refractivity (Wildman–Crippen MR) is 95.5 cm³/mol. The maximum Gasteiger partial charge on any atom is 0.142 e. The van der Waals surface area contributed by atoms with Crippen LogP contribution in [0.3, 0.4) is 0 Å². The number of nitrogens with zero attached hydrogens (tertiary/aromatic N) is 2. The van der Waals surface area contributed by atoms with E-state index in [1.165, 1.54) is 0 Å². The normalized spacial score (nSPS) is 10.2. The highest BCUT2D eigenvalue weighted by atomic mass is 16.5. The monoisotopic (exact) mass is 315 g/mol. The fraction of sp³-hybridized carbons (Fsp3) is 0.100. The molecule has 24 heavy (non-hydrogen) atoms. The van der Waals surface area contributed by atoms with Crippen LogP contribution in [0.1, 0.15) is 11.1 Å². The van der Waals surface area contributed by atoms with Gasteiger partial charge in [0.25, 0.3) is 0 Å². The third-order valence-corrected chi connectivity index (χ3v) is 3.98. The number of nitrogen functional groups attached to an aromatic ring is 1. The number of benzene rings is 2. The summed E-state index contributed by atoms with van der Waals surface area (Å²) in [6, 6.07) is 19.6. The topological polar surface area (TPSA) is 71.9 Å². The van der Waals surface area contributed by atoms with Crippen LogP contribution in [0.15, 0.2) is 54.6 Å². The molecule has 1 heterocycles. The van der Waals surface area contributed by atoms with Crippen LogP contribution in [0.2, 0.25) is 0 Å². The van der Waals surface area contributed by atoms with Crippen molar-refractivity contribution < 1.29 is 4.74 Å². The maximum atomic E-state index is 9.48. The van der Waals surface area contributed by atoms with E-state index in [4.69, 9.17) is 10.5 Å². The third-order valence-electron chi connectivity index (χ3n) is 3.98. The second kappa shape index (κ2) is 6.43. The average Bonchev–Trinajstić information content (AvgIpc) is 2.61. The van der Waals surface area contributed by atoms with Crippen LogP contribution in [-0.2, 0) is 0 Å². The molecular formula is C20H17N3O. The van der Waals surface area contributed by atoms with Crippen molar-refractivity contribution in [1.29, 1.82) is 5.26 Å². The number of anilines is 1. The molecule has 0 amide bonds. The minimum Gasteiger partial charge on any atom is -0.497 e. The molecule has 3 aromatic rings. The molecule has 0 atom stereocenters. The number of nitriles is 1. The maximum absolute atomic E-state index is 9.48. The molecule has 0 radical (unpaired) electrons. The zero-order valence-electron chi connectivity index (χ0n) is 13.6. The van der Waals surface area contributed by atoms with E-state index < -0.39 is 0 Å². The van der Waals surface area contributed by atoms with Crippen LogP contribution < -0.4 is 10.5 Å². The van der Waals surface area contributed by atoms with E-state index >= 15 is 0 Å². The summed E-state index contributed by atoms with van der Waals surface area (Å²) in [5.41, 5.74) is 11.0. The lowest BCUT2D eigenvalue weighted by Gasteiger charge is -2.12. The number of pyridine rings is 1. The molecule has 3 rings (SSSR count). The Morgan fingerprint density at radius 2 is 1.75 bits per heavy atom. The van der Waals surface area contributed by atoms with Crippen molar-refractivity contribution in [3.63, 3.8) is 0 Å². The van der Waals surface area contributed by atoms with Crippen molar-refractivity contribution in [3.05, 3.63) is 65.7 Å². The number of aryl methyl sites for hydroxylation is 1. The quantitative estimate of drug-likeness (QED) is 0.786. The van der Waals surface area contributed by atoms with Crippen LogP contribution in [0.4, 0.5) is 5.82 Å². The zero-order chi connectivity index (χ0) is 17.1. The second-order valence-corrected chi connectivity index (χ2v) is 5.47. The molecular weight excluding hydrogens is 298 g/mol. The summed E-state index contributed by atoms with van der Waals surface area (Å²) in [4.78, 5) is 4.43. The van der Waals surface area contributed by atoms with Crippen LogP contribution >= 0.6 is 0 Å². The molecule has 4 nitrogen and oxygen atoms in total. The lowest BCUT2D eigenvalue weighted by molar-refractivity contribution is 0.415. The molecule has 0 bridgehead atoms. The van der Waals surface area contributed by atoms with Crippen molar-refractivity contribution in [2.75, 3.05) is 12.8 Å². The molecule has 0 unspecified atom stereocenters. The fourth-order valence-electron chi connectivity index (χ4n) is 2.68. The first-order valence-electron chi connectivity index (χ1n) is 7.55. The van der Waals surface area contributed by atoms with Gasteiger partial charge in [-0.2, -0.15) is 5.26 Å². The van der Waals surface area contributed by atoms with Crippen molar-refractivity contribution in [1.82, 2.24) is 4.98 Å². The van der Waals surface area contributed by atoms with E-state index in [1.54, 1.807) is 7.11 Å². The van der Waals surface area contributed by atoms with Gasteiger partial charge < -0.3 is 10.5 Å². The Labute approximate surface area is 141 Å². The largest absolute Gasteiger partial charge is 0.497 e. The van der Waals surface area contributed by atoms with E-state index in [2.05, 4.69) is 11.1 Å². The summed E-state index contributed by atoms with van der Waals surface area (Å²) in [6.45, 7) is 2.03. The number of nitrogens with two attached hydrogens (primary N) is 1. The van der Waals surface area contributed by atoms with Gasteiger partial charge in [0.05, 0.1) is 12.8 Å². The van der Waals surface area contributed by atoms with Gasteiger partial charge in [-0.25, -0.2) is 4.98 Å². The molecule has 0 fully saturated rings. The predicted octanol–water partition coefficient (Wildman–Crippen LogP) is 4.19. The highest BCUT2D eigenvalue weighted by Crippen LogP contribution is 2.32. The standard InChI is InChI=1S/C20H17N3O/c1-13-5-3-4-6-16(13)19-11-17(18(12-21)20(22)23-19)14-7-9-15(24-2)10-8-14/h3-11H,1-2H3,(H2,22,23). The lowest BCUT2D eigenvalue weighted by Crippen LogP contribution is -2.00. The molecule has 1 aromatic heterocycles. The van der Waals surface area contributed by atoms with E-state index in [1.807, 2.05) is 61.5 Å². The summed E-state index contributed by atoms with van der Waals surface area (Å²) in [5.74, 6) is 1.00. The SMILES string of the molecule is COc1ccc(-c2cc(-c3ccccc3C)nc(N)c2C#N)cc1. The number of ether oxygens (including phenoxy) is 1. The van der Waals surface area contributed by atoms with Gasteiger partial charge in [0.2, 0.25) is 0 Å². The Balaban J connectivity index is 2.21. The van der Waals surface area contributed by atoms with Gasteiger partial charge in [-0.1, -0.05) is 36.4 Å². The van der Waals surface area contributed by atoms with Crippen LogP contribution in [0, 0.1) is 18.3 Å². The second-order valence-electron chi connectivity index (χ2n) is 5.47. The highest BCUT2D eigenvalue weighted by molar-refractivity contribution is 5.80. The zero-order valence-corrected chi connectivity index (χ0v) is 13.6. The molecule has 0 aliphatic rings. The summed E-state index contributed by atoms with van der Waals surface area (Å²) < 4.78 is 5.19. The van der Waals surface area contributed by atoms with Crippen LogP contribution in [-0.4, -0.2) is 12.1 Å².